The normalized spacial score (nSPS) is 14.9. The van der Waals surface area contributed by atoms with Crippen LogP contribution in [0.15, 0.2) is 47.4 Å². The number of morpholine rings is 1. The van der Waals surface area contributed by atoms with Crippen LogP contribution >= 0.6 is 11.3 Å². The first kappa shape index (κ1) is 21.4. The van der Waals surface area contributed by atoms with Crippen molar-refractivity contribution in [3.63, 3.8) is 0 Å². The van der Waals surface area contributed by atoms with E-state index in [0.717, 1.165) is 53.0 Å². The average molecular weight is 445 g/mol. The zero-order valence-corrected chi connectivity index (χ0v) is 18.1. The standard InChI is InChI=1S/C21H25FN6O2S/c1-15-8-17(11-24-20(15)26-4-6-30-7-5-26)19-3-2-18(31-19)13-27-14-25-28(21(27)29)12-16(9-22)10-23/h2-3,8-9,11,14H,4-7,10,12-13,23H2,1H3/b16-9+. The molecule has 0 aliphatic carbocycles. The van der Waals surface area contributed by atoms with Crippen LogP contribution in [0.2, 0.25) is 0 Å². The summed E-state index contributed by atoms with van der Waals surface area (Å²) in [5, 5.41) is 4.06. The lowest BCUT2D eigenvalue weighted by molar-refractivity contribution is 0.122. The maximum absolute atomic E-state index is 12.7. The number of halogens is 1. The van der Waals surface area contributed by atoms with Crippen molar-refractivity contribution in [2.24, 2.45) is 5.73 Å². The van der Waals surface area contributed by atoms with Gasteiger partial charge in [0, 0.05) is 41.1 Å². The summed E-state index contributed by atoms with van der Waals surface area (Å²) in [6.45, 7) is 5.73. The van der Waals surface area contributed by atoms with Gasteiger partial charge in [-0.2, -0.15) is 5.10 Å². The summed E-state index contributed by atoms with van der Waals surface area (Å²) in [6.07, 6.45) is 3.80. The van der Waals surface area contributed by atoms with Gasteiger partial charge in [0.15, 0.2) is 0 Å². The number of thiophene rings is 1. The summed E-state index contributed by atoms with van der Waals surface area (Å²) in [6, 6.07) is 6.19. The fraction of sp³-hybridized carbons (Fsp3) is 0.381. The molecule has 0 bridgehead atoms. The lowest BCUT2D eigenvalue weighted by atomic mass is 10.1. The summed E-state index contributed by atoms with van der Waals surface area (Å²) in [5.74, 6) is 1.00. The van der Waals surface area contributed by atoms with E-state index in [1.165, 1.54) is 15.6 Å². The molecule has 3 aromatic rings. The number of nitrogens with zero attached hydrogens (tertiary/aromatic N) is 5. The Morgan fingerprint density at radius 2 is 2.16 bits per heavy atom. The Bertz CT molecular complexity index is 1130. The molecular formula is C21H25FN6O2S. The van der Waals surface area contributed by atoms with Gasteiger partial charge in [0.05, 0.1) is 32.6 Å². The second kappa shape index (κ2) is 9.54. The molecule has 4 heterocycles. The molecule has 31 heavy (non-hydrogen) atoms. The predicted octanol–water partition coefficient (Wildman–Crippen LogP) is 2.17. The molecule has 2 N–H and O–H groups in total. The number of hydrogen-bond acceptors (Lipinski definition) is 7. The Kier molecular flexibility index (Phi) is 6.59. The number of nitrogens with two attached hydrogens (primary N) is 1. The molecule has 1 saturated heterocycles. The molecule has 0 radical (unpaired) electrons. The zero-order valence-electron chi connectivity index (χ0n) is 17.3. The van der Waals surface area contributed by atoms with E-state index < -0.39 is 0 Å². The number of anilines is 1. The highest BCUT2D eigenvalue weighted by atomic mass is 32.1. The number of hydrogen-bond donors (Lipinski definition) is 1. The Labute approximate surface area is 183 Å². The summed E-state index contributed by atoms with van der Waals surface area (Å²) in [5.41, 5.74) is 7.66. The third-order valence-electron chi connectivity index (χ3n) is 5.20. The first-order valence-electron chi connectivity index (χ1n) is 10.1. The monoisotopic (exact) mass is 444 g/mol. The molecule has 0 aromatic carbocycles. The Hall–Kier alpha value is -2.82. The van der Waals surface area contributed by atoms with Crippen LogP contribution in [0.25, 0.3) is 10.4 Å². The lowest BCUT2D eigenvalue weighted by Crippen LogP contribution is -2.37. The van der Waals surface area contributed by atoms with Crippen molar-refractivity contribution in [2.45, 2.75) is 20.0 Å². The quantitative estimate of drug-likeness (QED) is 0.601. The van der Waals surface area contributed by atoms with Gasteiger partial charge in [-0.05, 0) is 36.3 Å². The summed E-state index contributed by atoms with van der Waals surface area (Å²) < 4.78 is 20.9. The van der Waals surface area contributed by atoms with Gasteiger partial charge in [-0.1, -0.05) is 0 Å². The van der Waals surface area contributed by atoms with Crippen LogP contribution < -0.4 is 16.3 Å². The fourth-order valence-electron chi connectivity index (χ4n) is 3.52. The molecule has 10 heteroatoms. The number of ether oxygens (including phenoxy) is 1. The minimum Gasteiger partial charge on any atom is -0.378 e. The van der Waals surface area contributed by atoms with Crippen LogP contribution in [0.5, 0.6) is 0 Å². The van der Waals surface area contributed by atoms with Crippen molar-refractivity contribution in [3.8, 4) is 10.4 Å². The van der Waals surface area contributed by atoms with E-state index in [9.17, 15) is 9.18 Å². The van der Waals surface area contributed by atoms with Crippen LogP contribution in [0, 0.1) is 6.92 Å². The van der Waals surface area contributed by atoms with E-state index in [0.29, 0.717) is 18.4 Å². The molecular weight excluding hydrogens is 419 g/mol. The molecule has 8 nitrogen and oxygen atoms in total. The molecule has 0 spiro atoms. The molecule has 0 unspecified atom stereocenters. The zero-order chi connectivity index (χ0) is 21.8. The highest BCUT2D eigenvalue weighted by Gasteiger charge is 2.16. The molecule has 3 aromatic heterocycles. The minimum atomic E-state index is -0.296. The van der Waals surface area contributed by atoms with E-state index in [1.54, 1.807) is 11.3 Å². The van der Waals surface area contributed by atoms with Gasteiger partial charge >= 0.3 is 5.69 Å². The van der Waals surface area contributed by atoms with Crippen molar-refractivity contribution in [3.05, 3.63) is 63.6 Å². The summed E-state index contributed by atoms with van der Waals surface area (Å²) in [4.78, 5) is 21.6. The number of pyridine rings is 1. The third-order valence-corrected chi connectivity index (χ3v) is 6.32. The molecule has 0 amide bonds. The number of rotatable bonds is 7. The van der Waals surface area contributed by atoms with E-state index in [-0.39, 0.29) is 18.8 Å². The highest BCUT2D eigenvalue weighted by Crippen LogP contribution is 2.31. The van der Waals surface area contributed by atoms with Gasteiger partial charge in [0.2, 0.25) is 0 Å². The first-order chi connectivity index (χ1) is 15.1. The maximum atomic E-state index is 12.7. The number of aromatic nitrogens is 4. The summed E-state index contributed by atoms with van der Waals surface area (Å²) in [7, 11) is 0. The van der Waals surface area contributed by atoms with Gasteiger partial charge in [-0.15, -0.1) is 11.3 Å². The van der Waals surface area contributed by atoms with Gasteiger partial charge in [-0.25, -0.2) is 18.9 Å². The third kappa shape index (κ3) is 4.76. The van der Waals surface area contributed by atoms with Crippen molar-refractivity contribution < 1.29 is 9.13 Å². The maximum Gasteiger partial charge on any atom is 0.346 e. The second-order valence-corrected chi connectivity index (χ2v) is 8.57. The van der Waals surface area contributed by atoms with Crippen LogP contribution in [-0.2, 0) is 17.8 Å². The highest BCUT2D eigenvalue weighted by molar-refractivity contribution is 7.15. The molecule has 0 saturated carbocycles. The average Bonchev–Trinajstić information content (AvgIpc) is 3.40. The largest absolute Gasteiger partial charge is 0.378 e. The molecule has 4 rings (SSSR count). The van der Waals surface area contributed by atoms with Crippen molar-refractivity contribution in [2.75, 3.05) is 37.7 Å². The van der Waals surface area contributed by atoms with Crippen molar-refractivity contribution in [1.29, 1.82) is 0 Å². The topological polar surface area (TPSA) is 91.2 Å². The van der Waals surface area contributed by atoms with E-state index in [1.807, 2.05) is 18.3 Å². The smallest absolute Gasteiger partial charge is 0.346 e. The Morgan fingerprint density at radius 3 is 2.87 bits per heavy atom. The lowest BCUT2D eigenvalue weighted by Gasteiger charge is -2.29. The van der Waals surface area contributed by atoms with Crippen LogP contribution in [-0.4, -0.2) is 52.2 Å². The molecule has 164 valence electrons. The van der Waals surface area contributed by atoms with Crippen LogP contribution in [0.4, 0.5) is 10.2 Å². The van der Waals surface area contributed by atoms with E-state index in [4.69, 9.17) is 15.5 Å². The molecule has 0 atom stereocenters. The molecule has 1 aliphatic rings. The molecule has 1 aliphatic heterocycles. The van der Waals surface area contributed by atoms with Crippen molar-refractivity contribution >= 4 is 17.2 Å². The van der Waals surface area contributed by atoms with Gasteiger partial charge in [-0.3, -0.25) is 4.57 Å². The molecule has 1 fully saturated rings. The van der Waals surface area contributed by atoms with Gasteiger partial charge < -0.3 is 15.4 Å². The van der Waals surface area contributed by atoms with Gasteiger partial charge in [0.1, 0.15) is 12.1 Å². The SMILES string of the molecule is Cc1cc(-c2ccc(Cn3cnn(C/C(=C/F)CN)c3=O)s2)cnc1N1CCOCC1. The van der Waals surface area contributed by atoms with E-state index in [2.05, 4.69) is 23.0 Å². The Balaban J connectivity index is 1.48. The summed E-state index contributed by atoms with van der Waals surface area (Å²) >= 11 is 1.61. The second-order valence-electron chi connectivity index (χ2n) is 7.40. The first-order valence-corrected chi connectivity index (χ1v) is 10.9. The van der Waals surface area contributed by atoms with Crippen LogP contribution in [0.1, 0.15) is 10.4 Å². The number of aryl methyl sites for hydroxylation is 1. The van der Waals surface area contributed by atoms with Crippen molar-refractivity contribution in [1.82, 2.24) is 19.3 Å². The fourth-order valence-corrected chi connectivity index (χ4v) is 4.51. The Morgan fingerprint density at radius 1 is 1.35 bits per heavy atom. The van der Waals surface area contributed by atoms with Gasteiger partial charge in [0.25, 0.3) is 0 Å². The van der Waals surface area contributed by atoms with E-state index >= 15 is 0 Å². The predicted molar refractivity (Wildman–Crippen MR) is 119 cm³/mol. The van der Waals surface area contributed by atoms with Crippen LogP contribution in [0.3, 0.4) is 0 Å². The minimum absolute atomic E-state index is 0.0435.